The second-order valence-corrected chi connectivity index (χ2v) is 6.06. The molecule has 0 saturated heterocycles. The zero-order valence-electron chi connectivity index (χ0n) is 12.6. The summed E-state index contributed by atoms with van der Waals surface area (Å²) in [6, 6.07) is 7.47. The molecule has 2 rings (SSSR count). The molecule has 0 radical (unpaired) electrons. The van der Waals surface area contributed by atoms with E-state index in [0.717, 1.165) is 11.3 Å². The fourth-order valence-electron chi connectivity index (χ4n) is 2.16. The molecule has 1 aliphatic heterocycles. The molecule has 21 heavy (non-hydrogen) atoms. The van der Waals surface area contributed by atoms with Gasteiger partial charge in [-0.25, -0.2) is 0 Å². The summed E-state index contributed by atoms with van der Waals surface area (Å²) < 4.78 is 10.7. The van der Waals surface area contributed by atoms with Crippen LogP contribution in [0.25, 0.3) is 0 Å². The summed E-state index contributed by atoms with van der Waals surface area (Å²) >= 11 is 0. The molecule has 1 N–H and O–H groups in total. The van der Waals surface area contributed by atoms with Gasteiger partial charge in [0, 0.05) is 12.0 Å². The molecule has 1 aliphatic rings. The number of amides is 1. The summed E-state index contributed by atoms with van der Waals surface area (Å²) in [5.74, 6) is 0.266. The minimum Gasteiger partial charge on any atom is -0.491 e. The van der Waals surface area contributed by atoms with E-state index in [4.69, 9.17) is 9.47 Å². The average molecular weight is 291 g/mol. The molecule has 1 unspecified atom stereocenters. The topological polar surface area (TPSA) is 64.6 Å². The first-order chi connectivity index (χ1) is 9.85. The summed E-state index contributed by atoms with van der Waals surface area (Å²) in [7, 11) is 0. The predicted octanol–water partition coefficient (Wildman–Crippen LogP) is 2.36. The van der Waals surface area contributed by atoms with Crippen LogP contribution in [0.3, 0.4) is 0 Å². The van der Waals surface area contributed by atoms with E-state index in [1.54, 1.807) is 20.8 Å². The van der Waals surface area contributed by atoms with Crippen LogP contribution in [-0.4, -0.2) is 24.1 Å². The van der Waals surface area contributed by atoms with E-state index in [9.17, 15) is 9.59 Å². The highest BCUT2D eigenvalue weighted by atomic mass is 16.6. The van der Waals surface area contributed by atoms with Gasteiger partial charge in [-0.1, -0.05) is 18.2 Å². The molecular formula is C16H21NO4. The van der Waals surface area contributed by atoms with Gasteiger partial charge in [0.1, 0.15) is 18.0 Å². The molecule has 1 atom stereocenters. The van der Waals surface area contributed by atoms with Crippen LogP contribution in [0.5, 0.6) is 5.75 Å². The molecule has 0 spiro atoms. The first kappa shape index (κ1) is 15.4. The SMILES string of the molecule is CC(C)(C)OC(=O)CCC(=O)NC1COc2ccccc21. The van der Waals surface area contributed by atoms with Gasteiger partial charge in [0.05, 0.1) is 12.5 Å². The Morgan fingerprint density at radius 3 is 2.71 bits per heavy atom. The molecule has 1 heterocycles. The lowest BCUT2D eigenvalue weighted by Crippen LogP contribution is -2.30. The number of nitrogens with one attached hydrogen (secondary N) is 1. The zero-order valence-corrected chi connectivity index (χ0v) is 12.6. The van der Waals surface area contributed by atoms with Crippen molar-refractivity contribution in [2.45, 2.75) is 45.3 Å². The number of rotatable bonds is 4. The number of fused-ring (bicyclic) bond motifs is 1. The van der Waals surface area contributed by atoms with Gasteiger partial charge in [0.2, 0.25) is 5.91 Å². The number of hydrogen-bond acceptors (Lipinski definition) is 4. The third kappa shape index (κ3) is 4.48. The highest BCUT2D eigenvalue weighted by molar-refractivity contribution is 5.81. The molecule has 5 nitrogen and oxygen atoms in total. The lowest BCUT2D eigenvalue weighted by molar-refractivity contribution is -0.155. The largest absolute Gasteiger partial charge is 0.491 e. The van der Waals surface area contributed by atoms with Crippen LogP contribution in [0.2, 0.25) is 0 Å². The number of benzene rings is 1. The van der Waals surface area contributed by atoms with Gasteiger partial charge in [0.15, 0.2) is 0 Å². The number of carbonyl (C=O) groups is 2. The summed E-state index contributed by atoms with van der Waals surface area (Å²) in [6.07, 6.45) is 0.200. The maximum Gasteiger partial charge on any atom is 0.306 e. The molecule has 0 bridgehead atoms. The molecule has 5 heteroatoms. The standard InChI is InChI=1S/C16H21NO4/c1-16(2,3)21-15(19)9-8-14(18)17-12-10-20-13-7-5-4-6-11(12)13/h4-7,12H,8-10H2,1-3H3,(H,17,18). The van der Waals surface area contributed by atoms with E-state index in [0.29, 0.717) is 6.61 Å². The van der Waals surface area contributed by atoms with Crippen LogP contribution in [0.4, 0.5) is 0 Å². The lowest BCUT2D eigenvalue weighted by atomic mass is 10.1. The number of hydrogen-bond donors (Lipinski definition) is 1. The number of para-hydroxylation sites is 1. The Balaban J connectivity index is 1.80. The quantitative estimate of drug-likeness (QED) is 0.865. The maximum atomic E-state index is 11.9. The predicted molar refractivity (Wildman–Crippen MR) is 77.9 cm³/mol. The molecule has 0 saturated carbocycles. The number of ether oxygens (including phenoxy) is 2. The fraction of sp³-hybridized carbons (Fsp3) is 0.500. The maximum absolute atomic E-state index is 11.9. The highest BCUT2D eigenvalue weighted by Gasteiger charge is 2.25. The molecule has 114 valence electrons. The molecule has 0 fully saturated rings. The minimum absolute atomic E-state index is 0.0817. The number of esters is 1. The highest BCUT2D eigenvalue weighted by Crippen LogP contribution is 2.31. The molecule has 1 aromatic carbocycles. The van der Waals surface area contributed by atoms with Gasteiger partial charge in [-0.3, -0.25) is 9.59 Å². The molecule has 1 amide bonds. The summed E-state index contributed by atoms with van der Waals surface area (Å²) in [5.41, 5.74) is 0.453. The molecule has 0 aromatic heterocycles. The molecule has 0 aliphatic carbocycles. The van der Waals surface area contributed by atoms with E-state index < -0.39 is 5.60 Å². The first-order valence-electron chi connectivity index (χ1n) is 7.08. The summed E-state index contributed by atoms with van der Waals surface area (Å²) in [6.45, 7) is 5.84. The van der Waals surface area contributed by atoms with Crippen LogP contribution < -0.4 is 10.1 Å². The van der Waals surface area contributed by atoms with Crippen molar-refractivity contribution in [3.05, 3.63) is 29.8 Å². The third-order valence-corrected chi connectivity index (χ3v) is 3.01. The van der Waals surface area contributed by atoms with Crippen molar-refractivity contribution in [1.29, 1.82) is 0 Å². The Hall–Kier alpha value is -2.04. The fourth-order valence-corrected chi connectivity index (χ4v) is 2.16. The van der Waals surface area contributed by atoms with Gasteiger partial charge < -0.3 is 14.8 Å². The van der Waals surface area contributed by atoms with Crippen LogP contribution in [0.1, 0.15) is 45.2 Å². The molecule has 1 aromatic rings. The zero-order chi connectivity index (χ0) is 15.5. The van der Waals surface area contributed by atoms with Crippen LogP contribution in [-0.2, 0) is 14.3 Å². The summed E-state index contributed by atoms with van der Waals surface area (Å²) in [5, 5.41) is 2.88. The van der Waals surface area contributed by atoms with Crippen molar-refractivity contribution in [3.63, 3.8) is 0 Å². The number of carbonyl (C=O) groups excluding carboxylic acids is 2. The van der Waals surface area contributed by atoms with Gasteiger partial charge in [-0.2, -0.15) is 0 Å². The Morgan fingerprint density at radius 2 is 2.00 bits per heavy atom. The van der Waals surface area contributed by atoms with Crippen molar-refractivity contribution >= 4 is 11.9 Å². The Kier molecular flexibility index (Phi) is 4.50. The monoisotopic (exact) mass is 291 g/mol. The van der Waals surface area contributed by atoms with E-state index in [2.05, 4.69) is 5.32 Å². The van der Waals surface area contributed by atoms with Crippen LogP contribution >= 0.6 is 0 Å². The second-order valence-electron chi connectivity index (χ2n) is 6.06. The van der Waals surface area contributed by atoms with Crippen LogP contribution in [0.15, 0.2) is 24.3 Å². The third-order valence-electron chi connectivity index (χ3n) is 3.01. The van der Waals surface area contributed by atoms with Gasteiger partial charge >= 0.3 is 5.97 Å². The lowest BCUT2D eigenvalue weighted by Gasteiger charge is -2.19. The molecular weight excluding hydrogens is 270 g/mol. The van der Waals surface area contributed by atoms with E-state index >= 15 is 0 Å². The average Bonchev–Trinajstić information content (AvgIpc) is 2.78. The van der Waals surface area contributed by atoms with E-state index in [-0.39, 0.29) is 30.8 Å². The normalized spacial score (nSPS) is 16.8. The van der Waals surface area contributed by atoms with Crippen LogP contribution in [0, 0.1) is 0 Å². The Morgan fingerprint density at radius 1 is 1.29 bits per heavy atom. The van der Waals surface area contributed by atoms with E-state index in [1.165, 1.54) is 0 Å². The second kappa shape index (κ2) is 6.16. The van der Waals surface area contributed by atoms with Crippen molar-refractivity contribution in [2.24, 2.45) is 0 Å². The Bertz CT molecular complexity index is 533. The smallest absolute Gasteiger partial charge is 0.306 e. The van der Waals surface area contributed by atoms with Gasteiger partial charge in [0.25, 0.3) is 0 Å². The first-order valence-corrected chi connectivity index (χ1v) is 7.08. The van der Waals surface area contributed by atoms with Crippen molar-refractivity contribution in [3.8, 4) is 5.75 Å². The summed E-state index contributed by atoms with van der Waals surface area (Å²) in [4.78, 5) is 23.5. The van der Waals surface area contributed by atoms with Gasteiger partial charge in [-0.05, 0) is 26.8 Å². The Labute approximate surface area is 124 Å². The minimum atomic E-state index is -0.522. The van der Waals surface area contributed by atoms with Crippen molar-refractivity contribution < 1.29 is 19.1 Å². The van der Waals surface area contributed by atoms with Crippen molar-refractivity contribution in [1.82, 2.24) is 5.32 Å². The van der Waals surface area contributed by atoms with Crippen molar-refractivity contribution in [2.75, 3.05) is 6.61 Å². The van der Waals surface area contributed by atoms with Gasteiger partial charge in [-0.15, -0.1) is 0 Å². The van der Waals surface area contributed by atoms with E-state index in [1.807, 2.05) is 24.3 Å².